The smallest absolute Gasteiger partial charge is 0.258 e. The first-order valence-electron chi connectivity index (χ1n) is 8.98. The van der Waals surface area contributed by atoms with Gasteiger partial charge in [0, 0.05) is 17.4 Å². The fourth-order valence-corrected chi connectivity index (χ4v) is 3.95. The van der Waals surface area contributed by atoms with Gasteiger partial charge in [-0.05, 0) is 42.8 Å². The predicted molar refractivity (Wildman–Crippen MR) is 116 cm³/mol. The Morgan fingerprint density at radius 3 is 2.45 bits per heavy atom. The molecule has 29 heavy (non-hydrogen) atoms. The first kappa shape index (κ1) is 19.4. The second-order valence-electron chi connectivity index (χ2n) is 6.72. The van der Waals surface area contributed by atoms with Crippen LogP contribution in [0.4, 0.5) is 5.69 Å². The first-order valence-corrected chi connectivity index (χ1v) is 9.74. The maximum Gasteiger partial charge on any atom is 0.258 e. The molecule has 0 bridgehead atoms. The lowest BCUT2D eigenvalue weighted by molar-refractivity contribution is 0.102. The van der Waals surface area contributed by atoms with Crippen LogP contribution in [0.2, 0.25) is 10.0 Å². The lowest BCUT2D eigenvalue weighted by Gasteiger charge is -2.09. The second kappa shape index (κ2) is 7.82. The molecule has 146 valence electrons. The van der Waals surface area contributed by atoms with Gasteiger partial charge in [0.2, 0.25) is 0 Å². The Bertz CT molecular complexity index is 1210. The molecule has 2 N–H and O–H groups in total. The first-order chi connectivity index (χ1) is 13.9. The van der Waals surface area contributed by atoms with Crippen molar-refractivity contribution in [3.63, 3.8) is 0 Å². The van der Waals surface area contributed by atoms with Gasteiger partial charge in [-0.15, -0.1) is 0 Å². The molecular weight excluding hydrogens is 409 g/mol. The highest BCUT2D eigenvalue weighted by atomic mass is 35.5. The fourth-order valence-electron chi connectivity index (χ4n) is 3.38. The SMILES string of the molecule is Cc1oc2c(NC(=O)c3c(Cl)cccc3Cl)cccc2c1Cc1cccc(O)c1. The van der Waals surface area contributed by atoms with E-state index in [0.29, 0.717) is 17.7 Å². The van der Waals surface area contributed by atoms with E-state index in [2.05, 4.69) is 5.32 Å². The number of hydrogen-bond acceptors (Lipinski definition) is 3. The van der Waals surface area contributed by atoms with Crippen molar-refractivity contribution in [2.75, 3.05) is 5.32 Å². The quantitative estimate of drug-likeness (QED) is 0.387. The molecule has 0 aliphatic heterocycles. The number of fused-ring (bicyclic) bond motifs is 1. The number of amides is 1. The van der Waals surface area contributed by atoms with E-state index in [-0.39, 0.29) is 21.4 Å². The average Bonchev–Trinajstić information content (AvgIpc) is 2.98. The molecule has 0 radical (unpaired) electrons. The van der Waals surface area contributed by atoms with Gasteiger partial charge < -0.3 is 14.8 Å². The van der Waals surface area contributed by atoms with Crippen molar-refractivity contribution >= 4 is 45.8 Å². The number of aromatic hydroxyl groups is 1. The van der Waals surface area contributed by atoms with Crippen LogP contribution in [0.3, 0.4) is 0 Å². The molecule has 0 saturated carbocycles. The van der Waals surface area contributed by atoms with E-state index in [1.807, 2.05) is 25.1 Å². The van der Waals surface area contributed by atoms with Gasteiger partial charge in [0.05, 0.1) is 21.3 Å². The molecule has 0 fully saturated rings. The highest BCUT2D eigenvalue weighted by Crippen LogP contribution is 2.34. The van der Waals surface area contributed by atoms with Crippen molar-refractivity contribution in [2.24, 2.45) is 0 Å². The van der Waals surface area contributed by atoms with Crippen LogP contribution < -0.4 is 5.32 Å². The molecule has 0 aliphatic rings. The van der Waals surface area contributed by atoms with E-state index < -0.39 is 5.91 Å². The Hall–Kier alpha value is -2.95. The maximum atomic E-state index is 12.8. The molecule has 1 heterocycles. The summed E-state index contributed by atoms with van der Waals surface area (Å²) in [5, 5.41) is 14.0. The number of para-hydroxylation sites is 1. The minimum absolute atomic E-state index is 0.219. The van der Waals surface area contributed by atoms with Crippen LogP contribution in [0.1, 0.15) is 27.2 Å². The number of furan rings is 1. The molecule has 1 amide bonds. The molecule has 4 nitrogen and oxygen atoms in total. The topological polar surface area (TPSA) is 62.5 Å². The highest BCUT2D eigenvalue weighted by Gasteiger charge is 2.19. The third kappa shape index (κ3) is 3.82. The summed E-state index contributed by atoms with van der Waals surface area (Å²) in [6, 6.07) is 17.6. The monoisotopic (exact) mass is 425 g/mol. The second-order valence-corrected chi connectivity index (χ2v) is 7.53. The minimum Gasteiger partial charge on any atom is -0.508 e. The van der Waals surface area contributed by atoms with Gasteiger partial charge in [-0.25, -0.2) is 0 Å². The Morgan fingerprint density at radius 2 is 1.72 bits per heavy atom. The molecule has 1 aromatic heterocycles. The molecule has 6 heteroatoms. The predicted octanol–water partition coefficient (Wildman–Crippen LogP) is 6.60. The number of benzene rings is 3. The number of nitrogens with one attached hydrogen (secondary N) is 1. The molecule has 0 spiro atoms. The maximum absolute atomic E-state index is 12.8. The molecule has 4 rings (SSSR count). The standard InChI is InChI=1S/C23H17Cl2NO3/c1-13-17(12-14-5-2-6-15(27)11-14)16-7-3-10-20(22(16)29-13)26-23(28)21-18(24)8-4-9-19(21)25/h2-11,27H,12H2,1H3,(H,26,28). The summed E-state index contributed by atoms with van der Waals surface area (Å²) in [4.78, 5) is 12.8. The Morgan fingerprint density at radius 1 is 1.03 bits per heavy atom. The number of carbonyl (C=O) groups is 1. The Kier molecular flexibility index (Phi) is 5.22. The zero-order valence-electron chi connectivity index (χ0n) is 15.5. The van der Waals surface area contributed by atoms with E-state index in [9.17, 15) is 9.90 Å². The van der Waals surface area contributed by atoms with E-state index in [0.717, 1.165) is 22.3 Å². The van der Waals surface area contributed by atoms with Gasteiger partial charge in [-0.3, -0.25) is 4.79 Å². The molecule has 4 aromatic rings. The van der Waals surface area contributed by atoms with Crippen LogP contribution >= 0.6 is 23.2 Å². The van der Waals surface area contributed by atoms with Crippen LogP contribution in [0.25, 0.3) is 11.0 Å². The van der Waals surface area contributed by atoms with E-state index >= 15 is 0 Å². The summed E-state index contributed by atoms with van der Waals surface area (Å²) >= 11 is 12.3. The molecule has 0 saturated heterocycles. The molecular formula is C23H17Cl2NO3. The zero-order valence-corrected chi connectivity index (χ0v) is 17.0. The summed E-state index contributed by atoms with van der Waals surface area (Å²) < 4.78 is 5.99. The third-order valence-corrected chi connectivity index (χ3v) is 5.38. The van der Waals surface area contributed by atoms with Crippen LogP contribution in [-0.4, -0.2) is 11.0 Å². The van der Waals surface area contributed by atoms with E-state index in [1.165, 1.54) is 0 Å². The van der Waals surface area contributed by atoms with Crippen LogP contribution in [0.5, 0.6) is 5.75 Å². The fraction of sp³-hybridized carbons (Fsp3) is 0.0870. The van der Waals surface area contributed by atoms with Gasteiger partial charge in [-0.2, -0.15) is 0 Å². The largest absolute Gasteiger partial charge is 0.508 e. The number of halogens is 2. The van der Waals surface area contributed by atoms with Crippen molar-refractivity contribution < 1.29 is 14.3 Å². The van der Waals surface area contributed by atoms with Crippen LogP contribution in [0.15, 0.2) is 65.1 Å². The summed E-state index contributed by atoms with van der Waals surface area (Å²) in [5.41, 5.74) is 3.30. The van der Waals surface area contributed by atoms with Gasteiger partial charge in [0.15, 0.2) is 5.58 Å². The number of rotatable bonds is 4. The van der Waals surface area contributed by atoms with E-state index in [4.69, 9.17) is 27.6 Å². The molecule has 0 atom stereocenters. The van der Waals surface area contributed by atoms with Crippen molar-refractivity contribution in [3.05, 3.63) is 93.2 Å². The van der Waals surface area contributed by atoms with Gasteiger partial charge in [-0.1, -0.05) is 53.5 Å². The summed E-state index contributed by atoms with van der Waals surface area (Å²) in [7, 11) is 0. The summed E-state index contributed by atoms with van der Waals surface area (Å²) in [6.07, 6.45) is 0.598. The highest BCUT2D eigenvalue weighted by molar-refractivity contribution is 6.40. The van der Waals surface area contributed by atoms with Crippen molar-refractivity contribution in [3.8, 4) is 5.75 Å². The summed E-state index contributed by atoms with van der Waals surface area (Å²) in [6.45, 7) is 1.88. The average molecular weight is 426 g/mol. The molecule has 0 aliphatic carbocycles. The van der Waals surface area contributed by atoms with Gasteiger partial charge >= 0.3 is 0 Å². The number of hydrogen-bond donors (Lipinski definition) is 2. The normalized spacial score (nSPS) is 11.0. The lowest BCUT2D eigenvalue weighted by atomic mass is 10.0. The number of anilines is 1. The minimum atomic E-state index is -0.406. The molecule has 0 unspecified atom stereocenters. The van der Waals surface area contributed by atoms with Crippen molar-refractivity contribution in [1.29, 1.82) is 0 Å². The van der Waals surface area contributed by atoms with Gasteiger partial charge in [0.25, 0.3) is 5.91 Å². The number of phenolic OH excluding ortho intramolecular Hbond substituents is 1. The van der Waals surface area contributed by atoms with Gasteiger partial charge in [0.1, 0.15) is 11.5 Å². The number of aryl methyl sites for hydroxylation is 1. The number of phenols is 1. The van der Waals surface area contributed by atoms with Crippen molar-refractivity contribution in [2.45, 2.75) is 13.3 Å². The Labute approximate surface area is 177 Å². The van der Waals surface area contributed by atoms with Crippen LogP contribution in [0, 0.1) is 6.92 Å². The van der Waals surface area contributed by atoms with Crippen molar-refractivity contribution in [1.82, 2.24) is 0 Å². The molecule has 3 aromatic carbocycles. The zero-order chi connectivity index (χ0) is 20.5. The van der Waals surface area contributed by atoms with Crippen LogP contribution in [-0.2, 0) is 6.42 Å². The Balaban J connectivity index is 1.71. The lowest BCUT2D eigenvalue weighted by Crippen LogP contribution is -2.13. The number of carbonyl (C=O) groups excluding carboxylic acids is 1. The third-order valence-electron chi connectivity index (χ3n) is 4.75. The van der Waals surface area contributed by atoms with E-state index in [1.54, 1.807) is 42.5 Å². The summed E-state index contributed by atoms with van der Waals surface area (Å²) in [5.74, 6) is 0.565.